The molecule has 1 N–H and O–H groups in total. The van der Waals surface area contributed by atoms with E-state index in [-0.39, 0.29) is 17.1 Å². The molecular formula is C23H39N5O. The molecule has 0 spiro atoms. The summed E-state index contributed by atoms with van der Waals surface area (Å²) in [5.41, 5.74) is 0.713. The number of ether oxygens (including phenoxy) is 1. The smallest absolute Gasteiger partial charge is 0.169 e. The zero-order valence-electron chi connectivity index (χ0n) is 18.5. The van der Waals surface area contributed by atoms with Crippen LogP contribution in [0.5, 0.6) is 0 Å². The number of aromatic nitrogens is 4. The van der Waals surface area contributed by atoms with E-state index in [4.69, 9.17) is 4.74 Å². The predicted octanol–water partition coefficient (Wildman–Crippen LogP) is 4.74. The van der Waals surface area contributed by atoms with Crippen LogP contribution in [-0.2, 0) is 4.74 Å². The molecule has 6 heteroatoms. The monoisotopic (exact) mass is 401 g/mol. The highest BCUT2D eigenvalue weighted by molar-refractivity contribution is 5.16. The van der Waals surface area contributed by atoms with Gasteiger partial charge in [-0.05, 0) is 67.7 Å². The van der Waals surface area contributed by atoms with Gasteiger partial charge in [-0.2, -0.15) is 0 Å². The first-order valence-corrected chi connectivity index (χ1v) is 12.2. The van der Waals surface area contributed by atoms with Crippen LogP contribution in [0.3, 0.4) is 0 Å². The quantitative estimate of drug-likeness (QED) is 0.698. The Bertz CT molecular complexity index is 696. The third-order valence-electron chi connectivity index (χ3n) is 8.61. The average molecular weight is 402 g/mol. The summed E-state index contributed by atoms with van der Waals surface area (Å²) in [5, 5.41) is 17.4. The number of fused-ring (bicyclic) bond motifs is 2. The first-order valence-electron chi connectivity index (χ1n) is 12.2. The van der Waals surface area contributed by atoms with Gasteiger partial charge in [-0.1, -0.05) is 45.4 Å². The summed E-state index contributed by atoms with van der Waals surface area (Å²) >= 11 is 0. The maximum Gasteiger partial charge on any atom is 0.169 e. The lowest BCUT2D eigenvalue weighted by atomic mass is 9.53. The Labute approximate surface area is 175 Å². The van der Waals surface area contributed by atoms with Gasteiger partial charge in [0.05, 0.1) is 17.7 Å². The van der Waals surface area contributed by atoms with Crippen LogP contribution in [0.1, 0.15) is 115 Å². The van der Waals surface area contributed by atoms with E-state index in [2.05, 4.69) is 39.4 Å². The van der Waals surface area contributed by atoms with Gasteiger partial charge in [0.1, 0.15) is 0 Å². The molecule has 0 aromatic carbocycles. The van der Waals surface area contributed by atoms with Crippen LogP contribution in [0.2, 0.25) is 0 Å². The van der Waals surface area contributed by atoms with Crippen LogP contribution in [0, 0.1) is 10.8 Å². The second kappa shape index (κ2) is 7.60. The number of nitrogens with zero attached hydrogens (tertiary/aromatic N) is 4. The van der Waals surface area contributed by atoms with Gasteiger partial charge in [0.15, 0.2) is 5.82 Å². The van der Waals surface area contributed by atoms with Crippen molar-refractivity contribution in [1.29, 1.82) is 0 Å². The molecule has 6 rings (SSSR count). The van der Waals surface area contributed by atoms with E-state index in [1.54, 1.807) is 0 Å². The standard InChI is InChI=1S/C23H39N5O/c1-21(11-7-3-4-8-12-21)17-24-19(23-13-14-29-22(2,15-23)16-23)20-25-26-27-28(20)18-9-5-6-10-18/h18-19,24H,3-17H2,1-2H3. The molecule has 162 valence electrons. The number of nitrogens with one attached hydrogen (secondary N) is 1. The molecule has 1 atom stereocenters. The molecule has 1 unspecified atom stereocenters. The summed E-state index contributed by atoms with van der Waals surface area (Å²) in [6.45, 7) is 6.73. The molecule has 2 saturated heterocycles. The minimum Gasteiger partial charge on any atom is -0.375 e. The van der Waals surface area contributed by atoms with Crippen molar-refractivity contribution in [2.45, 2.75) is 115 Å². The predicted molar refractivity (Wildman–Crippen MR) is 113 cm³/mol. The maximum atomic E-state index is 6.10. The van der Waals surface area contributed by atoms with Crippen LogP contribution in [0.25, 0.3) is 0 Å². The van der Waals surface area contributed by atoms with Gasteiger partial charge < -0.3 is 10.1 Å². The van der Waals surface area contributed by atoms with Gasteiger partial charge in [0.25, 0.3) is 0 Å². The van der Waals surface area contributed by atoms with E-state index in [1.807, 2.05) is 0 Å². The van der Waals surface area contributed by atoms with Gasteiger partial charge in [0.2, 0.25) is 0 Å². The maximum absolute atomic E-state index is 6.10. The largest absolute Gasteiger partial charge is 0.375 e. The summed E-state index contributed by atoms with van der Waals surface area (Å²) in [6, 6.07) is 0.732. The van der Waals surface area contributed by atoms with Gasteiger partial charge in [-0.25, -0.2) is 4.68 Å². The van der Waals surface area contributed by atoms with Gasteiger partial charge in [0, 0.05) is 18.6 Å². The number of tetrazole rings is 1. The first-order chi connectivity index (χ1) is 14.0. The SMILES string of the molecule is CC1(CNC(c2nnnn2C2CCCC2)C23CCOC(C)(C2)C3)CCCCCC1. The molecule has 6 nitrogen and oxygen atoms in total. The third kappa shape index (κ3) is 3.76. The van der Waals surface area contributed by atoms with Crippen molar-refractivity contribution in [1.82, 2.24) is 25.5 Å². The van der Waals surface area contributed by atoms with Crippen molar-refractivity contribution >= 4 is 0 Å². The molecule has 3 heterocycles. The summed E-state index contributed by atoms with van der Waals surface area (Å²) in [7, 11) is 0. The minimum atomic E-state index is 0.0655. The third-order valence-corrected chi connectivity index (χ3v) is 8.61. The van der Waals surface area contributed by atoms with Gasteiger partial charge >= 0.3 is 0 Å². The Morgan fingerprint density at radius 2 is 1.76 bits per heavy atom. The fourth-order valence-electron chi connectivity index (χ4n) is 7.05. The normalized spacial score (nSPS) is 35.8. The molecule has 5 aliphatic rings. The van der Waals surface area contributed by atoms with E-state index in [9.17, 15) is 0 Å². The molecule has 0 radical (unpaired) electrons. The summed E-state index contributed by atoms with van der Waals surface area (Å²) < 4.78 is 8.29. The van der Waals surface area contributed by atoms with E-state index in [0.717, 1.165) is 38.2 Å². The molecule has 29 heavy (non-hydrogen) atoms. The van der Waals surface area contributed by atoms with Crippen molar-refractivity contribution in [3.63, 3.8) is 0 Å². The molecule has 2 aliphatic heterocycles. The molecule has 2 bridgehead atoms. The molecule has 1 aromatic rings. The van der Waals surface area contributed by atoms with Gasteiger partial charge in [-0.3, -0.25) is 0 Å². The van der Waals surface area contributed by atoms with E-state index in [0.29, 0.717) is 11.5 Å². The van der Waals surface area contributed by atoms with Crippen LogP contribution in [-0.4, -0.2) is 39.0 Å². The van der Waals surface area contributed by atoms with Gasteiger partial charge in [-0.15, -0.1) is 5.10 Å². The molecule has 3 aliphatic carbocycles. The van der Waals surface area contributed by atoms with Crippen LogP contribution < -0.4 is 5.32 Å². The Morgan fingerprint density at radius 1 is 1.03 bits per heavy atom. The second-order valence-corrected chi connectivity index (χ2v) is 11.2. The molecule has 1 aromatic heterocycles. The fourth-order valence-corrected chi connectivity index (χ4v) is 7.05. The molecule has 0 amide bonds. The summed E-state index contributed by atoms with van der Waals surface area (Å²) in [5.74, 6) is 1.10. The lowest BCUT2D eigenvalue weighted by Crippen LogP contribution is -2.62. The Kier molecular flexibility index (Phi) is 5.22. The molecular weight excluding hydrogens is 362 g/mol. The highest BCUT2D eigenvalue weighted by atomic mass is 16.5. The summed E-state index contributed by atoms with van der Waals surface area (Å²) in [6.07, 6.45) is 16.7. The first kappa shape index (κ1) is 19.9. The van der Waals surface area contributed by atoms with E-state index < -0.39 is 0 Å². The van der Waals surface area contributed by atoms with Crippen molar-refractivity contribution in [2.75, 3.05) is 13.2 Å². The highest BCUT2D eigenvalue weighted by Crippen LogP contribution is 2.62. The number of hydrogen-bond donors (Lipinski definition) is 1. The van der Waals surface area contributed by atoms with Crippen LogP contribution in [0.15, 0.2) is 0 Å². The Morgan fingerprint density at radius 3 is 2.45 bits per heavy atom. The van der Waals surface area contributed by atoms with Crippen LogP contribution >= 0.6 is 0 Å². The van der Waals surface area contributed by atoms with E-state index >= 15 is 0 Å². The Hall–Kier alpha value is -1.01. The highest BCUT2D eigenvalue weighted by Gasteiger charge is 2.60. The Balaban J connectivity index is 1.41. The zero-order chi connectivity index (χ0) is 20.0. The van der Waals surface area contributed by atoms with Crippen molar-refractivity contribution < 1.29 is 4.74 Å². The van der Waals surface area contributed by atoms with Crippen LogP contribution in [0.4, 0.5) is 0 Å². The molecule has 3 saturated carbocycles. The number of hydrogen-bond acceptors (Lipinski definition) is 5. The van der Waals surface area contributed by atoms with Crippen molar-refractivity contribution in [3.8, 4) is 0 Å². The van der Waals surface area contributed by atoms with Crippen molar-refractivity contribution in [2.24, 2.45) is 10.8 Å². The fraction of sp³-hybridized carbons (Fsp3) is 0.957. The number of rotatable bonds is 6. The minimum absolute atomic E-state index is 0.0655. The lowest BCUT2D eigenvalue weighted by Gasteiger charge is -2.61. The zero-order valence-corrected chi connectivity index (χ0v) is 18.5. The average Bonchev–Trinajstić information content (AvgIpc) is 3.31. The molecule has 5 fully saturated rings. The summed E-state index contributed by atoms with van der Waals surface area (Å²) in [4.78, 5) is 0. The van der Waals surface area contributed by atoms with Crippen molar-refractivity contribution in [3.05, 3.63) is 5.82 Å². The topological polar surface area (TPSA) is 64.9 Å². The van der Waals surface area contributed by atoms with E-state index in [1.165, 1.54) is 64.2 Å². The second-order valence-electron chi connectivity index (χ2n) is 11.2. The lowest BCUT2D eigenvalue weighted by molar-refractivity contribution is -0.228.